The summed E-state index contributed by atoms with van der Waals surface area (Å²) in [6.45, 7) is 3.25. The minimum absolute atomic E-state index is 0.399. The van der Waals surface area contributed by atoms with Crippen molar-refractivity contribution in [2.24, 2.45) is 5.73 Å². The summed E-state index contributed by atoms with van der Waals surface area (Å²) >= 11 is 0. The molecule has 0 aliphatic heterocycles. The van der Waals surface area contributed by atoms with E-state index in [0.29, 0.717) is 12.6 Å². The zero-order valence-corrected chi connectivity index (χ0v) is 9.26. The molecule has 2 aromatic rings. The highest BCUT2D eigenvalue weighted by Crippen LogP contribution is 2.23. The fraction of sp³-hybridized carbons (Fsp3) is 0.250. The number of benzene rings is 1. The van der Waals surface area contributed by atoms with E-state index in [0.717, 1.165) is 17.9 Å². The monoisotopic (exact) mass is 217 g/mol. The molecule has 4 heteroatoms. The van der Waals surface area contributed by atoms with Crippen molar-refractivity contribution in [2.75, 3.05) is 11.4 Å². The first-order valence-corrected chi connectivity index (χ1v) is 5.32. The maximum atomic E-state index is 5.50. The third-order valence-corrected chi connectivity index (χ3v) is 2.36. The number of anilines is 2. The molecule has 0 saturated heterocycles. The van der Waals surface area contributed by atoms with Crippen LogP contribution in [0.2, 0.25) is 0 Å². The second-order valence-electron chi connectivity index (χ2n) is 3.41. The maximum Gasteiger partial charge on any atom is 0.302 e. The first-order chi connectivity index (χ1) is 7.85. The van der Waals surface area contributed by atoms with E-state index in [1.807, 2.05) is 35.2 Å². The maximum absolute atomic E-state index is 5.50. The van der Waals surface area contributed by atoms with Crippen LogP contribution in [-0.2, 0) is 6.54 Å². The molecular formula is C12H15N3O. The van der Waals surface area contributed by atoms with Crippen molar-refractivity contribution in [2.45, 2.75) is 13.5 Å². The van der Waals surface area contributed by atoms with Crippen molar-refractivity contribution in [3.63, 3.8) is 0 Å². The van der Waals surface area contributed by atoms with E-state index >= 15 is 0 Å². The zero-order chi connectivity index (χ0) is 11.4. The van der Waals surface area contributed by atoms with Gasteiger partial charge in [0.15, 0.2) is 0 Å². The molecule has 0 bridgehead atoms. The summed E-state index contributed by atoms with van der Waals surface area (Å²) < 4.78 is 5.40. The Labute approximate surface area is 94.7 Å². The lowest BCUT2D eigenvalue weighted by Gasteiger charge is -2.18. The van der Waals surface area contributed by atoms with E-state index < -0.39 is 0 Å². The van der Waals surface area contributed by atoms with Gasteiger partial charge in [-0.1, -0.05) is 18.2 Å². The summed E-state index contributed by atoms with van der Waals surface area (Å²) in [6, 6.07) is 10.6. The molecule has 0 radical (unpaired) electrons. The molecular weight excluding hydrogens is 202 g/mol. The molecule has 1 aromatic heterocycles. The van der Waals surface area contributed by atoms with Gasteiger partial charge in [0.05, 0.1) is 5.69 Å². The Balaban J connectivity index is 2.29. The Hall–Kier alpha value is -1.81. The van der Waals surface area contributed by atoms with E-state index in [1.165, 1.54) is 0 Å². The van der Waals surface area contributed by atoms with Crippen LogP contribution in [0, 0.1) is 0 Å². The number of rotatable bonds is 4. The van der Waals surface area contributed by atoms with Crippen molar-refractivity contribution in [3.05, 3.63) is 42.3 Å². The zero-order valence-electron chi connectivity index (χ0n) is 9.26. The van der Waals surface area contributed by atoms with Gasteiger partial charge in [-0.25, -0.2) is 0 Å². The smallest absolute Gasteiger partial charge is 0.302 e. The molecule has 1 heterocycles. The van der Waals surface area contributed by atoms with Crippen LogP contribution >= 0.6 is 0 Å². The quantitative estimate of drug-likeness (QED) is 0.853. The molecule has 0 aliphatic carbocycles. The second kappa shape index (κ2) is 4.81. The Morgan fingerprint density at radius 3 is 2.62 bits per heavy atom. The van der Waals surface area contributed by atoms with Crippen LogP contribution in [0.3, 0.4) is 0 Å². The molecule has 0 atom stereocenters. The summed E-state index contributed by atoms with van der Waals surface area (Å²) in [5.74, 6) is 0. The highest BCUT2D eigenvalue weighted by molar-refractivity contribution is 5.55. The van der Waals surface area contributed by atoms with Gasteiger partial charge in [-0.15, -0.1) is 0 Å². The van der Waals surface area contributed by atoms with Crippen molar-refractivity contribution in [1.29, 1.82) is 0 Å². The third kappa shape index (κ3) is 2.06. The van der Waals surface area contributed by atoms with Gasteiger partial charge in [0, 0.05) is 18.8 Å². The Morgan fingerprint density at radius 2 is 2.06 bits per heavy atom. The standard InChI is InChI=1S/C12H15N3O/c1-2-15(11-6-4-3-5-7-11)12-14-10(8-13)9-16-12/h3-7,9H,2,8,13H2,1H3. The minimum atomic E-state index is 0.399. The number of hydrogen-bond donors (Lipinski definition) is 1. The number of oxazole rings is 1. The minimum Gasteiger partial charge on any atom is -0.431 e. The molecule has 4 nitrogen and oxygen atoms in total. The predicted molar refractivity (Wildman–Crippen MR) is 63.5 cm³/mol. The fourth-order valence-corrected chi connectivity index (χ4v) is 1.55. The molecule has 0 fully saturated rings. The van der Waals surface area contributed by atoms with Crippen LogP contribution in [0.1, 0.15) is 12.6 Å². The van der Waals surface area contributed by atoms with E-state index in [2.05, 4.69) is 11.9 Å². The molecule has 0 amide bonds. The molecule has 1 aromatic carbocycles. The highest BCUT2D eigenvalue weighted by atomic mass is 16.4. The molecule has 2 rings (SSSR count). The number of para-hydroxylation sites is 1. The lowest BCUT2D eigenvalue weighted by atomic mass is 10.3. The number of nitrogens with zero attached hydrogens (tertiary/aromatic N) is 2. The molecule has 84 valence electrons. The van der Waals surface area contributed by atoms with Crippen LogP contribution in [-0.4, -0.2) is 11.5 Å². The molecule has 16 heavy (non-hydrogen) atoms. The van der Waals surface area contributed by atoms with Crippen LogP contribution in [0.15, 0.2) is 41.0 Å². The second-order valence-corrected chi connectivity index (χ2v) is 3.41. The normalized spacial score (nSPS) is 10.4. The average molecular weight is 217 g/mol. The van der Waals surface area contributed by atoms with Gasteiger partial charge in [-0.2, -0.15) is 4.98 Å². The van der Waals surface area contributed by atoms with E-state index in [1.54, 1.807) is 6.26 Å². The van der Waals surface area contributed by atoms with Gasteiger partial charge in [0.1, 0.15) is 6.26 Å². The molecule has 0 aliphatic rings. The largest absolute Gasteiger partial charge is 0.431 e. The van der Waals surface area contributed by atoms with Crippen molar-refractivity contribution in [1.82, 2.24) is 4.98 Å². The lowest BCUT2D eigenvalue weighted by molar-refractivity contribution is 0.554. The number of aromatic nitrogens is 1. The van der Waals surface area contributed by atoms with Crippen molar-refractivity contribution in [3.8, 4) is 0 Å². The average Bonchev–Trinajstić information content (AvgIpc) is 2.80. The van der Waals surface area contributed by atoms with E-state index in [9.17, 15) is 0 Å². The molecule has 0 unspecified atom stereocenters. The van der Waals surface area contributed by atoms with Gasteiger partial charge < -0.3 is 10.2 Å². The van der Waals surface area contributed by atoms with Crippen LogP contribution in [0.5, 0.6) is 0 Å². The van der Waals surface area contributed by atoms with Gasteiger partial charge >= 0.3 is 6.01 Å². The Bertz CT molecular complexity index is 439. The van der Waals surface area contributed by atoms with Gasteiger partial charge in [0.2, 0.25) is 0 Å². The summed E-state index contributed by atoms with van der Waals surface area (Å²) in [5.41, 5.74) is 7.34. The number of nitrogens with two attached hydrogens (primary N) is 1. The van der Waals surface area contributed by atoms with Gasteiger partial charge in [-0.3, -0.25) is 4.90 Å². The summed E-state index contributed by atoms with van der Waals surface area (Å²) in [4.78, 5) is 6.31. The summed E-state index contributed by atoms with van der Waals surface area (Å²) in [6.07, 6.45) is 1.60. The van der Waals surface area contributed by atoms with Crippen molar-refractivity contribution < 1.29 is 4.42 Å². The van der Waals surface area contributed by atoms with E-state index in [-0.39, 0.29) is 0 Å². The first-order valence-electron chi connectivity index (χ1n) is 5.32. The van der Waals surface area contributed by atoms with Gasteiger partial charge in [0.25, 0.3) is 0 Å². The topological polar surface area (TPSA) is 55.3 Å². The molecule has 2 N–H and O–H groups in total. The van der Waals surface area contributed by atoms with Gasteiger partial charge in [-0.05, 0) is 19.1 Å². The fourth-order valence-electron chi connectivity index (χ4n) is 1.55. The van der Waals surface area contributed by atoms with Crippen LogP contribution in [0.4, 0.5) is 11.7 Å². The summed E-state index contributed by atoms with van der Waals surface area (Å²) in [5, 5.41) is 0. The summed E-state index contributed by atoms with van der Waals surface area (Å²) in [7, 11) is 0. The highest BCUT2D eigenvalue weighted by Gasteiger charge is 2.12. The van der Waals surface area contributed by atoms with Crippen LogP contribution < -0.4 is 10.6 Å². The third-order valence-electron chi connectivity index (χ3n) is 2.36. The molecule has 0 spiro atoms. The SMILES string of the molecule is CCN(c1ccccc1)c1nc(CN)co1. The molecule has 0 saturated carbocycles. The lowest BCUT2D eigenvalue weighted by Crippen LogP contribution is -2.16. The Kier molecular flexibility index (Phi) is 3.22. The van der Waals surface area contributed by atoms with Crippen LogP contribution in [0.25, 0.3) is 0 Å². The predicted octanol–water partition coefficient (Wildman–Crippen LogP) is 2.29. The first kappa shape index (κ1) is 10.7. The van der Waals surface area contributed by atoms with Crippen molar-refractivity contribution >= 4 is 11.7 Å². The van der Waals surface area contributed by atoms with E-state index in [4.69, 9.17) is 10.2 Å². The number of hydrogen-bond acceptors (Lipinski definition) is 4. The Morgan fingerprint density at radius 1 is 1.31 bits per heavy atom.